The Labute approximate surface area is 146 Å². The molecule has 0 unspecified atom stereocenters. The minimum atomic E-state index is -0.0918. The molecule has 2 amide bonds. The van der Waals surface area contributed by atoms with Gasteiger partial charge in [0.1, 0.15) is 5.69 Å². The summed E-state index contributed by atoms with van der Waals surface area (Å²) in [6.45, 7) is 11.1. The zero-order valence-corrected chi connectivity index (χ0v) is 15.5. The maximum atomic E-state index is 12.7. The lowest BCUT2D eigenvalue weighted by Crippen LogP contribution is -2.34. The zero-order chi connectivity index (χ0) is 17.9. The van der Waals surface area contributed by atoms with Gasteiger partial charge in [-0.05, 0) is 37.8 Å². The first-order chi connectivity index (χ1) is 11.6. The van der Waals surface area contributed by atoms with Gasteiger partial charge >= 0.3 is 0 Å². The van der Waals surface area contributed by atoms with Gasteiger partial charge in [0.15, 0.2) is 0 Å². The number of pyridine rings is 1. The molecule has 0 aliphatic heterocycles. The summed E-state index contributed by atoms with van der Waals surface area (Å²) in [7, 11) is 0. The number of carbonyl (C=O) groups is 2. The van der Waals surface area contributed by atoms with Crippen LogP contribution < -0.4 is 0 Å². The molecule has 1 aromatic heterocycles. The van der Waals surface area contributed by atoms with Crippen molar-refractivity contribution in [2.45, 2.75) is 53.4 Å². The third-order valence-corrected chi connectivity index (χ3v) is 3.77. The van der Waals surface area contributed by atoms with Gasteiger partial charge in [0.2, 0.25) is 0 Å². The molecule has 0 saturated heterocycles. The van der Waals surface area contributed by atoms with E-state index in [1.165, 1.54) is 0 Å². The van der Waals surface area contributed by atoms with Crippen LogP contribution in [0.15, 0.2) is 18.3 Å². The van der Waals surface area contributed by atoms with Crippen molar-refractivity contribution in [1.29, 1.82) is 0 Å². The summed E-state index contributed by atoms with van der Waals surface area (Å²) >= 11 is 0. The molecule has 1 aromatic rings. The molecule has 1 rings (SSSR count). The Morgan fingerprint density at radius 2 is 1.29 bits per heavy atom. The summed E-state index contributed by atoms with van der Waals surface area (Å²) in [6, 6.07) is 3.34. The number of carbonyl (C=O) groups excluding carboxylic acids is 2. The van der Waals surface area contributed by atoms with Crippen molar-refractivity contribution < 1.29 is 9.59 Å². The first-order valence-electron chi connectivity index (χ1n) is 9.13. The van der Waals surface area contributed by atoms with E-state index in [1.807, 2.05) is 9.80 Å². The molecule has 24 heavy (non-hydrogen) atoms. The van der Waals surface area contributed by atoms with Gasteiger partial charge in [-0.1, -0.05) is 27.7 Å². The summed E-state index contributed by atoms with van der Waals surface area (Å²) in [5.41, 5.74) is 0.902. The molecule has 0 saturated carbocycles. The minimum Gasteiger partial charge on any atom is -0.339 e. The number of hydrogen-bond acceptors (Lipinski definition) is 3. The number of nitrogens with zero attached hydrogens (tertiary/aromatic N) is 3. The lowest BCUT2D eigenvalue weighted by molar-refractivity contribution is 0.0748. The summed E-state index contributed by atoms with van der Waals surface area (Å²) in [4.78, 5) is 33.2. The van der Waals surface area contributed by atoms with Gasteiger partial charge in [0, 0.05) is 37.9 Å². The van der Waals surface area contributed by atoms with E-state index in [9.17, 15) is 9.59 Å². The predicted molar refractivity (Wildman–Crippen MR) is 97.2 cm³/mol. The Morgan fingerprint density at radius 1 is 0.833 bits per heavy atom. The summed E-state index contributed by atoms with van der Waals surface area (Å²) in [6.07, 6.45) is 5.22. The fraction of sp³-hybridized carbons (Fsp3) is 0.632. The van der Waals surface area contributed by atoms with Gasteiger partial charge in [0.25, 0.3) is 11.8 Å². The Bertz CT molecular complexity index is 476. The van der Waals surface area contributed by atoms with E-state index in [1.54, 1.807) is 18.3 Å². The Balaban J connectivity index is 2.99. The molecule has 0 bridgehead atoms. The second kappa shape index (κ2) is 10.8. The number of rotatable bonds is 10. The third kappa shape index (κ3) is 5.62. The maximum absolute atomic E-state index is 12.7. The van der Waals surface area contributed by atoms with E-state index in [4.69, 9.17) is 0 Å². The Morgan fingerprint density at radius 3 is 1.75 bits per heavy atom. The van der Waals surface area contributed by atoms with Gasteiger partial charge in [-0.25, -0.2) is 0 Å². The summed E-state index contributed by atoms with van der Waals surface area (Å²) in [5, 5.41) is 0. The second-order valence-corrected chi connectivity index (χ2v) is 6.01. The highest BCUT2D eigenvalue weighted by Crippen LogP contribution is 2.10. The molecular formula is C19H31N3O2. The molecule has 0 N–H and O–H groups in total. The molecule has 0 atom stereocenters. The lowest BCUT2D eigenvalue weighted by atomic mass is 10.1. The Kier molecular flexibility index (Phi) is 9.05. The fourth-order valence-electron chi connectivity index (χ4n) is 2.73. The van der Waals surface area contributed by atoms with Crippen LogP contribution in [0.3, 0.4) is 0 Å². The lowest BCUT2D eigenvalue weighted by Gasteiger charge is -2.23. The van der Waals surface area contributed by atoms with Crippen LogP contribution in [0.25, 0.3) is 0 Å². The predicted octanol–water partition coefficient (Wildman–Crippen LogP) is 3.61. The Hall–Kier alpha value is -1.91. The van der Waals surface area contributed by atoms with Crippen molar-refractivity contribution in [2.24, 2.45) is 0 Å². The van der Waals surface area contributed by atoms with Crippen molar-refractivity contribution >= 4 is 11.8 Å². The van der Waals surface area contributed by atoms with Crippen molar-refractivity contribution in [3.63, 3.8) is 0 Å². The van der Waals surface area contributed by atoms with Crippen LogP contribution >= 0.6 is 0 Å². The van der Waals surface area contributed by atoms with E-state index in [0.29, 0.717) is 24.3 Å². The SMILES string of the molecule is CCCN(CCC)C(=O)c1ccnc(C(=O)N(CCC)CCC)c1. The number of hydrogen-bond donors (Lipinski definition) is 0. The van der Waals surface area contributed by atoms with Crippen LogP contribution in [0.1, 0.15) is 74.2 Å². The van der Waals surface area contributed by atoms with Gasteiger partial charge < -0.3 is 9.80 Å². The normalized spacial score (nSPS) is 10.5. The van der Waals surface area contributed by atoms with Crippen molar-refractivity contribution in [2.75, 3.05) is 26.2 Å². The van der Waals surface area contributed by atoms with Gasteiger partial charge in [0.05, 0.1) is 0 Å². The quantitative estimate of drug-likeness (QED) is 0.657. The first kappa shape index (κ1) is 20.1. The topological polar surface area (TPSA) is 53.5 Å². The molecule has 0 radical (unpaired) electrons. The van der Waals surface area contributed by atoms with E-state index in [2.05, 4.69) is 32.7 Å². The van der Waals surface area contributed by atoms with Crippen molar-refractivity contribution in [3.8, 4) is 0 Å². The largest absolute Gasteiger partial charge is 0.339 e. The summed E-state index contributed by atoms with van der Waals surface area (Å²) in [5.74, 6) is -0.112. The molecule has 0 aliphatic carbocycles. The zero-order valence-electron chi connectivity index (χ0n) is 15.5. The average molecular weight is 333 g/mol. The molecule has 0 aliphatic rings. The summed E-state index contributed by atoms with van der Waals surface area (Å²) < 4.78 is 0. The second-order valence-electron chi connectivity index (χ2n) is 6.01. The van der Waals surface area contributed by atoms with Crippen LogP contribution in [-0.2, 0) is 0 Å². The highest BCUT2D eigenvalue weighted by molar-refractivity contribution is 5.98. The smallest absolute Gasteiger partial charge is 0.272 e. The van der Waals surface area contributed by atoms with Crippen LogP contribution in [0.2, 0.25) is 0 Å². The van der Waals surface area contributed by atoms with Crippen molar-refractivity contribution in [3.05, 3.63) is 29.6 Å². The van der Waals surface area contributed by atoms with Crippen LogP contribution in [0.5, 0.6) is 0 Å². The molecule has 0 fully saturated rings. The average Bonchev–Trinajstić information content (AvgIpc) is 2.60. The molecular weight excluding hydrogens is 302 g/mol. The van der Waals surface area contributed by atoms with Crippen LogP contribution in [-0.4, -0.2) is 52.8 Å². The molecule has 5 nitrogen and oxygen atoms in total. The van der Waals surface area contributed by atoms with E-state index in [0.717, 1.165) is 38.8 Å². The molecule has 0 spiro atoms. The van der Waals surface area contributed by atoms with Gasteiger partial charge in [-0.15, -0.1) is 0 Å². The van der Waals surface area contributed by atoms with E-state index >= 15 is 0 Å². The number of aromatic nitrogens is 1. The monoisotopic (exact) mass is 333 g/mol. The third-order valence-electron chi connectivity index (χ3n) is 3.77. The standard InChI is InChI=1S/C19H31N3O2/c1-5-11-21(12-6-2)18(23)16-9-10-20-17(15-16)19(24)22(13-7-3)14-8-4/h9-10,15H,5-8,11-14H2,1-4H3. The first-order valence-corrected chi connectivity index (χ1v) is 9.13. The minimum absolute atomic E-state index is 0.0207. The van der Waals surface area contributed by atoms with Gasteiger partial charge in [-0.2, -0.15) is 0 Å². The van der Waals surface area contributed by atoms with Gasteiger partial charge in [-0.3, -0.25) is 14.6 Å². The molecule has 5 heteroatoms. The highest BCUT2D eigenvalue weighted by atomic mass is 16.2. The van der Waals surface area contributed by atoms with Crippen LogP contribution in [0, 0.1) is 0 Å². The van der Waals surface area contributed by atoms with Crippen LogP contribution in [0.4, 0.5) is 0 Å². The fourth-order valence-corrected chi connectivity index (χ4v) is 2.73. The highest BCUT2D eigenvalue weighted by Gasteiger charge is 2.19. The molecule has 0 aromatic carbocycles. The molecule has 134 valence electrons. The number of amides is 2. The molecule has 1 heterocycles. The van der Waals surface area contributed by atoms with Crippen molar-refractivity contribution in [1.82, 2.24) is 14.8 Å². The van der Waals surface area contributed by atoms with E-state index < -0.39 is 0 Å². The maximum Gasteiger partial charge on any atom is 0.272 e. The van der Waals surface area contributed by atoms with E-state index in [-0.39, 0.29) is 11.8 Å².